The van der Waals surface area contributed by atoms with Crippen molar-refractivity contribution >= 4 is 11.6 Å². The number of anilines is 1. The molecule has 0 N–H and O–H groups in total. The Hall–Kier alpha value is -1.81. The van der Waals surface area contributed by atoms with Crippen LogP contribution >= 0.6 is 0 Å². The van der Waals surface area contributed by atoms with Crippen LogP contribution in [0.5, 0.6) is 5.75 Å². The predicted octanol–water partition coefficient (Wildman–Crippen LogP) is 2.00. The zero-order valence-electron chi connectivity index (χ0n) is 10.8. The number of hydrogen-bond donors (Lipinski definition) is 0. The van der Waals surface area contributed by atoms with E-state index in [2.05, 4.69) is 0 Å². The summed E-state index contributed by atoms with van der Waals surface area (Å²) < 4.78 is 10.3. The Bertz CT molecular complexity index is 453. The molecule has 1 aromatic rings. The summed E-state index contributed by atoms with van der Waals surface area (Å²) in [5, 5.41) is 0. The number of benzene rings is 1. The smallest absolute Gasteiger partial charge is 0.259 e. The number of rotatable bonds is 4. The van der Waals surface area contributed by atoms with Crippen molar-refractivity contribution in [1.82, 2.24) is 0 Å². The number of β-lactam (4-membered cyclic amide) rings is 1. The Morgan fingerprint density at radius 1 is 1.22 bits per heavy atom. The van der Waals surface area contributed by atoms with Crippen molar-refractivity contribution in [2.45, 2.75) is 19.1 Å². The van der Waals surface area contributed by atoms with Gasteiger partial charge in [0.15, 0.2) is 6.10 Å². The molecule has 1 amide bonds. The first-order chi connectivity index (χ1) is 8.72. The van der Waals surface area contributed by atoms with Crippen LogP contribution in [0.2, 0.25) is 0 Å². The molecule has 96 valence electrons. The summed E-state index contributed by atoms with van der Waals surface area (Å²) in [6.07, 6.45) is 3.53. The van der Waals surface area contributed by atoms with E-state index in [9.17, 15) is 4.79 Å². The van der Waals surface area contributed by atoms with Gasteiger partial charge in [-0.2, -0.15) is 0 Å². The summed E-state index contributed by atoms with van der Waals surface area (Å²) >= 11 is 0. The van der Waals surface area contributed by atoms with Crippen LogP contribution in [0.25, 0.3) is 0 Å². The molecule has 4 nitrogen and oxygen atoms in total. The molecule has 0 spiro atoms. The largest absolute Gasteiger partial charge is 0.497 e. The first-order valence-electron chi connectivity index (χ1n) is 5.85. The van der Waals surface area contributed by atoms with Crippen molar-refractivity contribution in [3.05, 3.63) is 36.4 Å². The van der Waals surface area contributed by atoms with Gasteiger partial charge in [-0.1, -0.05) is 12.2 Å². The molecule has 4 heteroatoms. The van der Waals surface area contributed by atoms with Crippen LogP contribution in [0.3, 0.4) is 0 Å². The molecule has 1 heterocycles. The van der Waals surface area contributed by atoms with Crippen molar-refractivity contribution in [3.8, 4) is 5.75 Å². The van der Waals surface area contributed by atoms with Crippen LogP contribution in [0, 0.1) is 0 Å². The third kappa shape index (κ3) is 1.99. The molecule has 2 atom stereocenters. The van der Waals surface area contributed by atoms with Gasteiger partial charge in [0.05, 0.1) is 13.2 Å². The van der Waals surface area contributed by atoms with Gasteiger partial charge in [0, 0.05) is 12.8 Å². The number of amides is 1. The summed E-state index contributed by atoms with van der Waals surface area (Å²) in [5.41, 5.74) is 0.859. The van der Waals surface area contributed by atoms with Gasteiger partial charge < -0.3 is 14.4 Å². The maximum Gasteiger partial charge on any atom is 0.259 e. The second kappa shape index (κ2) is 5.23. The van der Waals surface area contributed by atoms with Crippen molar-refractivity contribution in [1.29, 1.82) is 0 Å². The molecule has 0 bridgehead atoms. The molecule has 0 saturated carbocycles. The predicted molar refractivity (Wildman–Crippen MR) is 69.9 cm³/mol. The van der Waals surface area contributed by atoms with E-state index in [1.54, 1.807) is 19.1 Å². The molecular formula is C14H17NO3. The van der Waals surface area contributed by atoms with Gasteiger partial charge in [0.25, 0.3) is 5.91 Å². The van der Waals surface area contributed by atoms with Gasteiger partial charge in [-0.15, -0.1) is 0 Å². The average Bonchev–Trinajstić information content (AvgIpc) is 2.40. The fourth-order valence-corrected chi connectivity index (χ4v) is 2.15. The maximum atomic E-state index is 12.0. The summed E-state index contributed by atoms with van der Waals surface area (Å²) in [6.45, 7) is 1.93. The maximum absolute atomic E-state index is 12.0. The molecule has 1 fully saturated rings. The lowest BCUT2D eigenvalue weighted by Crippen LogP contribution is -2.65. The van der Waals surface area contributed by atoms with E-state index >= 15 is 0 Å². The number of carbonyl (C=O) groups excluding carboxylic acids is 1. The Kier molecular flexibility index (Phi) is 3.67. The zero-order chi connectivity index (χ0) is 13.1. The molecule has 1 aliphatic heterocycles. The monoisotopic (exact) mass is 247 g/mol. The molecule has 0 radical (unpaired) electrons. The summed E-state index contributed by atoms with van der Waals surface area (Å²) in [5.74, 6) is 0.767. The van der Waals surface area contributed by atoms with Crippen LogP contribution in [-0.2, 0) is 9.53 Å². The molecule has 2 unspecified atom stereocenters. The van der Waals surface area contributed by atoms with Crippen LogP contribution in [0.15, 0.2) is 36.4 Å². The average molecular weight is 247 g/mol. The van der Waals surface area contributed by atoms with Crippen molar-refractivity contribution in [2.24, 2.45) is 0 Å². The van der Waals surface area contributed by atoms with E-state index in [1.165, 1.54) is 0 Å². The minimum absolute atomic E-state index is 0.00855. The van der Waals surface area contributed by atoms with Gasteiger partial charge >= 0.3 is 0 Å². The first kappa shape index (κ1) is 12.6. The van der Waals surface area contributed by atoms with E-state index in [1.807, 2.05) is 43.3 Å². The number of carbonyl (C=O) groups is 1. The van der Waals surface area contributed by atoms with Gasteiger partial charge in [0.1, 0.15) is 5.75 Å². The minimum Gasteiger partial charge on any atom is -0.497 e. The van der Waals surface area contributed by atoms with Gasteiger partial charge in [-0.25, -0.2) is 0 Å². The fraction of sp³-hybridized carbons (Fsp3) is 0.357. The third-order valence-electron chi connectivity index (χ3n) is 3.08. The molecule has 18 heavy (non-hydrogen) atoms. The number of allylic oxidation sites excluding steroid dienone is 1. The Morgan fingerprint density at radius 3 is 2.39 bits per heavy atom. The van der Waals surface area contributed by atoms with E-state index in [0.29, 0.717) is 0 Å². The lowest BCUT2D eigenvalue weighted by atomic mass is 9.96. The van der Waals surface area contributed by atoms with E-state index in [4.69, 9.17) is 9.47 Å². The van der Waals surface area contributed by atoms with E-state index in [0.717, 1.165) is 11.4 Å². The topological polar surface area (TPSA) is 38.8 Å². The Morgan fingerprint density at radius 2 is 1.89 bits per heavy atom. The summed E-state index contributed by atoms with van der Waals surface area (Å²) in [4.78, 5) is 13.7. The van der Waals surface area contributed by atoms with E-state index < -0.39 is 0 Å². The number of ether oxygens (including phenoxy) is 2. The quantitative estimate of drug-likeness (QED) is 0.603. The fourth-order valence-electron chi connectivity index (χ4n) is 2.15. The van der Waals surface area contributed by atoms with Gasteiger partial charge in [-0.3, -0.25) is 4.79 Å². The lowest BCUT2D eigenvalue weighted by Gasteiger charge is -2.44. The summed E-state index contributed by atoms with van der Waals surface area (Å²) in [6, 6.07) is 7.41. The Labute approximate surface area is 107 Å². The van der Waals surface area contributed by atoms with Crippen molar-refractivity contribution in [3.63, 3.8) is 0 Å². The molecule has 1 aliphatic rings. The number of methoxy groups -OCH3 is 2. The highest BCUT2D eigenvalue weighted by atomic mass is 16.5. The molecule has 2 rings (SSSR count). The normalized spacial score (nSPS) is 23.3. The second-order valence-corrected chi connectivity index (χ2v) is 4.08. The molecule has 1 saturated heterocycles. The molecular weight excluding hydrogens is 230 g/mol. The van der Waals surface area contributed by atoms with Crippen LogP contribution in [0.4, 0.5) is 5.69 Å². The molecule has 0 aliphatic carbocycles. The Balaban J connectivity index is 2.23. The SMILES string of the molecule is C/C=C/C1C(OC)C(=O)N1c1ccc(OC)cc1. The third-order valence-corrected chi connectivity index (χ3v) is 3.08. The van der Waals surface area contributed by atoms with Crippen molar-refractivity contribution in [2.75, 3.05) is 19.1 Å². The molecule has 1 aromatic carbocycles. The first-order valence-corrected chi connectivity index (χ1v) is 5.85. The minimum atomic E-state index is -0.372. The van der Waals surface area contributed by atoms with Crippen LogP contribution in [0.1, 0.15) is 6.92 Å². The van der Waals surface area contributed by atoms with Gasteiger partial charge in [-0.05, 0) is 31.2 Å². The van der Waals surface area contributed by atoms with Crippen LogP contribution < -0.4 is 9.64 Å². The van der Waals surface area contributed by atoms with Crippen LogP contribution in [-0.4, -0.2) is 32.3 Å². The highest BCUT2D eigenvalue weighted by Gasteiger charge is 2.46. The highest BCUT2D eigenvalue weighted by molar-refractivity contribution is 6.05. The number of nitrogens with zero attached hydrogens (tertiary/aromatic N) is 1. The van der Waals surface area contributed by atoms with Gasteiger partial charge in [0.2, 0.25) is 0 Å². The van der Waals surface area contributed by atoms with Crippen molar-refractivity contribution < 1.29 is 14.3 Å². The van der Waals surface area contributed by atoms with E-state index in [-0.39, 0.29) is 18.1 Å². The number of hydrogen-bond acceptors (Lipinski definition) is 3. The zero-order valence-corrected chi connectivity index (χ0v) is 10.8. The highest BCUT2D eigenvalue weighted by Crippen LogP contribution is 2.31. The molecule has 0 aromatic heterocycles. The summed E-state index contributed by atoms with van der Waals surface area (Å²) in [7, 11) is 3.18. The lowest BCUT2D eigenvalue weighted by molar-refractivity contribution is -0.137. The standard InChI is InChI=1S/C14H17NO3/c1-4-5-12-13(18-3)14(16)15(12)10-6-8-11(17-2)9-7-10/h4-9,12-13H,1-3H3/b5-4+. The second-order valence-electron chi connectivity index (χ2n) is 4.08.